The number of aliphatic carboxylic acids is 1. The minimum Gasteiger partial charge on any atom is -0.478 e. The number of ether oxygens (including phenoxy) is 2. The molecule has 7 nitrogen and oxygen atoms in total. The number of amides is 1. The number of carboxylic acid groups (broad SMARTS) is 1. The summed E-state index contributed by atoms with van der Waals surface area (Å²) < 4.78 is 10.3. The summed E-state index contributed by atoms with van der Waals surface area (Å²) in [4.78, 5) is 37.4. The number of carbonyl (C=O) groups is 3. The average Bonchev–Trinajstić information content (AvgIpc) is 2.55. The SMILES string of the molecule is CC(=O)O[C@@](CC(=O)N1CCOCC1)(Cc1ccccc1)C(=O)O. The van der Waals surface area contributed by atoms with E-state index in [9.17, 15) is 19.5 Å². The molecule has 1 aromatic rings. The van der Waals surface area contributed by atoms with Gasteiger partial charge in [-0.2, -0.15) is 0 Å². The average molecular weight is 335 g/mol. The third-order valence-corrected chi connectivity index (χ3v) is 3.86. The monoisotopic (exact) mass is 335 g/mol. The maximum absolute atomic E-state index is 12.5. The van der Waals surface area contributed by atoms with Gasteiger partial charge < -0.3 is 19.5 Å². The molecule has 2 rings (SSSR count). The van der Waals surface area contributed by atoms with Crippen molar-refractivity contribution in [3.05, 3.63) is 35.9 Å². The Balaban J connectivity index is 2.24. The lowest BCUT2D eigenvalue weighted by atomic mass is 9.90. The number of hydrogen-bond acceptors (Lipinski definition) is 5. The van der Waals surface area contributed by atoms with E-state index in [0.29, 0.717) is 31.9 Å². The summed E-state index contributed by atoms with van der Waals surface area (Å²) in [6, 6.07) is 8.80. The lowest BCUT2D eigenvalue weighted by molar-refractivity contribution is -0.180. The predicted molar refractivity (Wildman–Crippen MR) is 84.3 cm³/mol. The maximum atomic E-state index is 12.5. The molecule has 24 heavy (non-hydrogen) atoms. The topological polar surface area (TPSA) is 93.1 Å². The summed E-state index contributed by atoms with van der Waals surface area (Å²) in [5.41, 5.74) is -1.24. The molecule has 0 saturated carbocycles. The van der Waals surface area contributed by atoms with Crippen molar-refractivity contribution < 1.29 is 29.0 Å². The van der Waals surface area contributed by atoms with Crippen molar-refractivity contribution in [3.63, 3.8) is 0 Å². The molecule has 1 saturated heterocycles. The van der Waals surface area contributed by atoms with Crippen LogP contribution in [0.1, 0.15) is 18.9 Å². The molecule has 1 atom stereocenters. The molecule has 1 aromatic carbocycles. The highest BCUT2D eigenvalue weighted by atomic mass is 16.6. The van der Waals surface area contributed by atoms with Crippen LogP contribution in [-0.2, 0) is 30.3 Å². The fourth-order valence-electron chi connectivity index (χ4n) is 2.70. The predicted octanol–water partition coefficient (Wildman–Crippen LogP) is 0.864. The lowest BCUT2D eigenvalue weighted by Gasteiger charge is -2.33. The van der Waals surface area contributed by atoms with Gasteiger partial charge >= 0.3 is 11.9 Å². The zero-order valence-corrected chi connectivity index (χ0v) is 13.6. The van der Waals surface area contributed by atoms with E-state index in [1.54, 1.807) is 30.3 Å². The summed E-state index contributed by atoms with van der Waals surface area (Å²) in [5, 5.41) is 9.71. The first kappa shape index (κ1) is 17.9. The van der Waals surface area contributed by atoms with Gasteiger partial charge in [0.25, 0.3) is 0 Å². The van der Waals surface area contributed by atoms with E-state index in [0.717, 1.165) is 6.92 Å². The molecule has 1 aliphatic heterocycles. The third-order valence-electron chi connectivity index (χ3n) is 3.86. The van der Waals surface area contributed by atoms with Gasteiger partial charge in [-0.25, -0.2) is 4.79 Å². The van der Waals surface area contributed by atoms with Gasteiger partial charge in [0, 0.05) is 26.4 Å². The summed E-state index contributed by atoms with van der Waals surface area (Å²) in [7, 11) is 0. The van der Waals surface area contributed by atoms with Crippen LogP contribution in [0.15, 0.2) is 30.3 Å². The number of benzene rings is 1. The first-order valence-corrected chi connectivity index (χ1v) is 7.75. The zero-order valence-electron chi connectivity index (χ0n) is 13.6. The number of carboxylic acids is 1. The third kappa shape index (κ3) is 4.55. The second kappa shape index (κ2) is 7.92. The molecular formula is C17H21NO6. The first-order valence-electron chi connectivity index (χ1n) is 7.75. The second-order valence-electron chi connectivity index (χ2n) is 5.73. The number of morpholine rings is 1. The minimum atomic E-state index is -1.91. The number of rotatable bonds is 6. The van der Waals surface area contributed by atoms with Crippen LogP contribution in [-0.4, -0.2) is 59.8 Å². The molecule has 1 N–H and O–H groups in total. The Hall–Kier alpha value is -2.41. The van der Waals surface area contributed by atoms with Gasteiger partial charge in [0.05, 0.1) is 19.6 Å². The Kier molecular flexibility index (Phi) is 5.92. The fraction of sp³-hybridized carbons (Fsp3) is 0.471. The number of hydrogen-bond donors (Lipinski definition) is 1. The maximum Gasteiger partial charge on any atom is 0.349 e. The Morgan fingerprint density at radius 3 is 2.38 bits per heavy atom. The molecule has 1 heterocycles. The van der Waals surface area contributed by atoms with Crippen LogP contribution < -0.4 is 0 Å². The van der Waals surface area contributed by atoms with E-state index in [4.69, 9.17) is 9.47 Å². The van der Waals surface area contributed by atoms with Crippen LogP contribution in [0.5, 0.6) is 0 Å². The van der Waals surface area contributed by atoms with E-state index in [1.165, 1.54) is 4.90 Å². The normalized spacial score (nSPS) is 17.0. The highest BCUT2D eigenvalue weighted by Gasteiger charge is 2.45. The standard InChI is InChI=1S/C17H21NO6/c1-13(19)24-17(16(21)22,11-14-5-3-2-4-6-14)12-15(20)18-7-9-23-10-8-18/h2-6H,7-12H2,1H3,(H,21,22)/t17-/m1/s1. The largest absolute Gasteiger partial charge is 0.478 e. The summed E-state index contributed by atoms with van der Waals surface area (Å²) in [6.45, 7) is 2.78. The van der Waals surface area contributed by atoms with Crippen molar-refractivity contribution in [2.75, 3.05) is 26.3 Å². The van der Waals surface area contributed by atoms with Crippen molar-refractivity contribution >= 4 is 17.8 Å². The Morgan fingerprint density at radius 2 is 1.83 bits per heavy atom. The number of carbonyl (C=O) groups excluding carboxylic acids is 2. The van der Waals surface area contributed by atoms with E-state index in [-0.39, 0.29) is 12.3 Å². The van der Waals surface area contributed by atoms with Crippen molar-refractivity contribution in [2.24, 2.45) is 0 Å². The van der Waals surface area contributed by atoms with Crippen LogP contribution in [0.4, 0.5) is 0 Å². The molecule has 0 radical (unpaired) electrons. The molecule has 1 fully saturated rings. The molecule has 7 heteroatoms. The van der Waals surface area contributed by atoms with E-state index in [2.05, 4.69) is 0 Å². The first-order chi connectivity index (χ1) is 11.4. The van der Waals surface area contributed by atoms with Crippen molar-refractivity contribution in [2.45, 2.75) is 25.4 Å². The van der Waals surface area contributed by atoms with Gasteiger partial charge in [-0.15, -0.1) is 0 Å². The minimum absolute atomic E-state index is 0.0706. The molecule has 0 unspecified atom stereocenters. The summed E-state index contributed by atoms with van der Waals surface area (Å²) in [5.74, 6) is -2.43. The van der Waals surface area contributed by atoms with Crippen LogP contribution in [0.3, 0.4) is 0 Å². The molecule has 0 aliphatic carbocycles. The van der Waals surface area contributed by atoms with Gasteiger partial charge in [0.15, 0.2) is 0 Å². The van der Waals surface area contributed by atoms with Crippen LogP contribution in [0.2, 0.25) is 0 Å². The van der Waals surface area contributed by atoms with Gasteiger partial charge in [-0.3, -0.25) is 9.59 Å². The molecular weight excluding hydrogens is 314 g/mol. The van der Waals surface area contributed by atoms with Gasteiger partial charge in [-0.05, 0) is 5.56 Å². The quantitative estimate of drug-likeness (QED) is 0.775. The molecule has 130 valence electrons. The smallest absolute Gasteiger partial charge is 0.349 e. The fourth-order valence-corrected chi connectivity index (χ4v) is 2.70. The summed E-state index contributed by atoms with van der Waals surface area (Å²) in [6.07, 6.45) is -0.477. The molecule has 1 aliphatic rings. The molecule has 1 amide bonds. The van der Waals surface area contributed by atoms with Gasteiger partial charge in [-0.1, -0.05) is 30.3 Å². The highest BCUT2D eigenvalue weighted by molar-refractivity contribution is 5.89. The van der Waals surface area contributed by atoms with Crippen LogP contribution in [0.25, 0.3) is 0 Å². The number of esters is 1. The molecule has 0 spiro atoms. The Labute approximate surface area is 140 Å². The molecule has 0 aromatic heterocycles. The van der Waals surface area contributed by atoms with Crippen molar-refractivity contribution in [1.29, 1.82) is 0 Å². The highest BCUT2D eigenvalue weighted by Crippen LogP contribution is 2.25. The second-order valence-corrected chi connectivity index (χ2v) is 5.73. The van der Waals surface area contributed by atoms with Crippen LogP contribution in [0, 0.1) is 0 Å². The van der Waals surface area contributed by atoms with E-state index in [1.807, 2.05) is 0 Å². The van der Waals surface area contributed by atoms with Crippen molar-refractivity contribution in [3.8, 4) is 0 Å². The number of nitrogens with zero attached hydrogens (tertiary/aromatic N) is 1. The Bertz CT molecular complexity index is 596. The van der Waals surface area contributed by atoms with E-state index >= 15 is 0 Å². The van der Waals surface area contributed by atoms with Gasteiger partial charge in [0.1, 0.15) is 0 Å². The van der Waals surface area contributed by atoms with Gasteiger partial charge in [0.2, 0.25) is 11.5 Å². The molecule has 0 bridgehead atoms. The van der Waals surface area contributed by atoms with Crippen LogP contribution >= 0.6 is 0 Å². The van der Waals surface area contributed by atoms with Crippen molar-refractivity contribution in [1.82, 2.24) is 4.90 Å². The van der Waals surface area contributed by atoms with E-state index < -0.39 is 24.0 Å². The zero-order chi connectivity index (χ0) is 17.6. The summed E-state index contributed by atoms with van der Waals surface area (Å²) >= 11 is 0. The Morgan fingerprint density at radius 1 is 1.21 bits per heavy atom. The lowest BCUT2D eigenvalue weighted by Crippen LogP contribution is -2.51.